The van der Waals surface area contributed by atoms with Crippen LogP contribution in [-0.4, -0.2) is 49.1 Å². The van der Waals surface area contributed by atoms with E-state index in [2.05, 4.69) is 20.5 Å². The number of benzene rings is 2. The van der Waals surface area contributed by atoms with Gasteiger partial charge in [0.25, 0.3) is 11.8 Å². The maximum absolute atomic E-state index is 13.0. The van der Waals surface area contributed by atoms with Gasteiger partial charge in [0.1, 0.15) is 17.3 Å². The molecule has 2 N–H and O–H groups in total. The minimum absolute atomic E-state index is 0.0548. The summed E-state index contributed by atoms with van der Waals surface area (Å²) in [5.74, 6) is 2.12. The number of piperidine rings is 1. The highest BCUT2D eigenvalue weighted by Gasteiger charge is 2.42. The Morgan fingerprint density at radius 2 is 1.63 bits per heavy atom. The van der Waals surface area contributed by atoms with Crippen LogP contribution in [0.1, 0.15) is 57.5 Å². The fraction of sp³-hybridized carbons (Fsp3) is 0.367. The Morgan fingerprint density at radius 1 is 0.921 bits per heavy atom. The zero-order chi connectivity index (χ0) is 26.6. The number of nitrogens with zero attached hydrogens (tertiary/aromatic N) is 2. The molecular weight excluding hydrogens is 480 g/mol. The van der Waals surface area contributed by atoms with E-state index in [-0.39, 0.29) is 17.9 Å². The van der Waals surface area contributed by atoms with Crippen molar-refractivity contribution in [2.45, 2.75) is 57.3 Å². The molecule has 3 aromatic rings. The molecule has 8 heteroatoms. The highest BCUT2D eigenvalue weighted by atomic mass is 16.5. The first-order valence-electron chi connectivity index (χ1n) is 13.1. The summed E-state index contributed by atoms with van der Waals surface area (Å²) < 4.78 is 10.7. The van der Waals surface area contributed by atoms with Gasteiger partial charge in [0, 0.05) is 47.6 Å². The van der Waals surface area contributed by atoms with Crippen LogP contribution in [0.25, 0.3) is 0 Å². The molecule has 0 spiro atoms. The lowest BCUT2D eigenvalue weighted by atomic mass is 9.96. The standard InChI is InChI=1S/C30H34N4O4/c1-19-25(8-6-10-26(19)37-2)30(36)33-22-15-23-12-13-24(16-22)34(23)28-14-11-21(18-31-28)29(35)32-17-20-7-4-5-9-27(20)38-3/h4-11,14,18,22-24H,12-13,15-17H2,1-3H3,(H,32,35)(H,33,36). The molecule has 2 saturated heterocycles. The van der Waals surface area contributed by atoms with Gasteiger partial charge >= 0.3 is 0 Å². The number of amides is 2. The molecule has 5 rings (SSSR count). The minimum Gasteiger partial charge on any atom is -0.496 e. The number of anilines is 1. The average Bonchev–Trinajstić information content (AvgIpc) is 3.21. The molecular formula is C30H34N4O4. The van der Waals surface area contributed by atoms with Gasteiger partial charge in [0.2, 0.25) is 0 Å². The van der Waals surface area contributed by atoms with Gasteiger partial charge in [0.05, 0.1) is 19.8 Å². The van der Waals surface area contributed by atoms with Crippen molar-refractivity contribution < 1.29 is 19.1 Å². The first-order valence-corrected chi connectivity index (χ1v) is 13.1. The van der Waals surface area contributed by atoms with Gasteiger partial charge < -0.3 is 25.0 Å². The largest absolute Gasteiger partial charge is 0.496 e. The van der Waals surface area contributed by atoms with Crippen molar-refractivity contribution in [2.24, 2.45) is 0 Å². The van der Waals surface area contributed by atoms with E-state index in [4.69, 9.17) is 9.47 Å². The van der Waals surface area contributed by atoms with Crippen LogP contribution >= 0.6 is 0 Å². The van der Waals surface area contributed by atoms with E-state index in [1.807, 2.05) is 61.5 Å². The Bertz CT molecular complexity index is 1300. The van der Waals surface area contributed by atoms with E-state index in [0.29, 0.717) is 29.8 Å². The van der Waals surface area contributed by atoms with Gasteiger partial charge in [-0.05, 0) is 62.9 Å². The number of aromatic nitrogens is 1. The molecule has 2 unspecified atom stereocenters. The van der Waals surface area contributed by atoms with Crippen molar-refractivity contribution in [1.82, 2.24) is 15.6 Å². The topological polar surface area (TPSA) is 92.8 Å². The number of methoxy groups -OCH3 is 2. The summed E-state index contributed by atoms with van der Waals surface area (Å²) in [6.07, 6.45) is 5.52. The highest BCUT2D eigenvalue weighted by Crippen LogP contribution is 2.38. The first-order chi connectivity index (χ1) is 18.5. The SMILES string of the molecule is COc1ccccc1CNC(=O)c1ccc(N2C3CCC2CC(NC(=O)c2cccc(OC)c2C)C3)nc1. The van der Waals surface area contributed by atoms with Gasteiger partial charge in [-0.25, -0.2) is 4.98 Å². The van der Waals surface area contributed by atoms with Gasteiger partial charge in [-0.3, -0.25) is 9.59 Å². The second-order valence-electron chi connectivity index (χ2n) is 9.97. The van der Waals surface area contributed by atoms with Gasteiger partial charge in [-0.15, -0.1) is 0 Å². The molecule has 2 amide bonds. The molecule has 38 heavy (non-hydrogen) atoms. The summed E-state index contributed by atoms with van der Waals surface area (Å²) in [6.45, 7) is 2.29. The first kappa shape index (κ1) is 25.6. The summed E-state index contributed by atoms with van der Waals surface area (Å²) in [4.78, 5) is 32.8. The summed E-state index contributed by atoms with van der Waals surface area (Å²) in [6, 6.07) is 17.7. The molecule has 2 aliphatic rings. The minimum atomic E-state index is -0.174. The third-order valence-electron chi connectivity index (χ3n) is 7.72. The monoisotopic (exact) mass is 514 g/mol. The molecule has 198 valence electrons. The normalized spacial score (nSPS) is 20.1. The maximum Gasteiger partial charge on any atom is 0.253 e. The molecule has 2 fully saturated rings. The van der Waals surface area contributed by atoms with E-state index < -0.39 is 0 Å². The summed E-state index contributed by atoms with van der Waals surface area (Å²) in [7, 11) is 3.24. The quantitative estimate of drug-likeness (QED) is 0.467. The van der Waals surface area contributed by atoms with Crippen LogP contribution in [0.15, 0.2) is 60.8 Å². The third kappa shape index (κ3) is 5.16. The summed E-state index contributed by atoms with van der Waals surface area (Å²) >= 11 is 0. The summed E-state index contributed by atoms with van der Waals surface area (Å²) in [5, 5.41) is 6.20. The van der Waals surface area contributed by atoms with Crippen LogP contribution in [0, 0.1) is 6.92 Å². The number of carbonyl (C=O) groups is 2. The molecule has 3 heterocycles. The highest BCUT2D eigenvalue weighted by molar-refractivity contribution is 5.96. The van der Waals surface area contributed by atoms with Gasteiger partial charge in [0.15, 0.2) is 0 Å². The lowest BCUT2D eigenvalue weighted by Gasteiger charge is -2.40. The Labute approximate surface area is 223 Å². The van der Waals surface area contributed by atoms with E-state index in [0.717, 1.165) is 54.1 Å². The van der Waals surface area contributed by atoms with Crippen LogP contribution in [0.5, 0.6) is 11.5 Å². The number of nitrogens with one attached hydrogen (secondary N) is 2. The zero-order valence-corrected chi connectivity index (χ0v) is 22.1. The van der Waals surface area contributed by atoms with Crippen LogP contribution in [-0.2, 0) is 6.54 Å². The molecule has 0 aliphatic carbocycles. The average molecular weight is 515 g/mol. The predicted octanol–water partition coefficient (Wildman–Crippen LogP) is 4.27. The lowest BCUT2D eigenvalue weighted by molar-refractivity contribution is 0.0923. The number of fused-ring (bicyclic) bond motifs is 2. The summed E-state index contributed by atoms with van der Waals surface area (Å²) in [5.41, 5.74) is 2.94. The van der Waals surface area contributed by atoms with Crippen molar-refractivity contribution in [1.29, 1.82) is 0 Å². The Morgan fingerprint density at radius 3 is 2.32 bits per heavy atom. The van der Waals surface area contributed by atoms with E-state index in [1.165, 1.54) is 0 Å². The number of pyridine rings is 1. The fourth-order valence-corrected chi connectivity index (χ4v) is 5.81. The van der Waals surface area contributed by atoms with Crippen molar-refractivity contribution >= 4 is 17.6 Å². The molecule has 1 aromatic heterocycles. The number of para-hydroxylation sites is 1. The van der Waals surface area contributed by atoms with Crippen molar-refractivity contribution in [3.8, 4) is 11.5 Å². The fourth-order valence-electron chi connectivity index (χ4n) is 5.81. The number of rotatable bonds is 8. The van der Waals surface area contributed by atoms with Gasteiger partial charge in [-0.2, -0.15) is 0 Å². The van der Waals surface area contributed by atoms with Crippen LogP contribution in [0.2, 0.25) is 0 Å². The smallest absolute Gasteiger partial charge is 0.253 e. The van der Waals surface area contributed by atoms with E-state index >= 15 is 0 Å². The zero-order valence-electron chi connectivity index (χ0n) is 22.1. The van der Waals surface area contributed by atoms with Crippen molar-refractivity contribution in [2.75, 3.05) is 19.1 Å². The van der Waals surface area contributed by atoms with Gasteiger partial charge in [-0.1, -0.05) is 24.3 Å². The molecule has 2 bridgehead atoms. The van der Waals surface area contributed by atoms with E-state index in [9.17, 15) is 9.59 Å². The number of ether oxygens (including phenoxy) is 2. The number of hydrogen-bond donors (Lipinski definition) is 2. The maximum atomic E-state index is 13.0. The second-order valence-corrected chi connectivity index (χ2v) is 9.97. The second kappa shape index (κ2) is 11.1. The van der Waals surface area contributed by atoms with E-state index in [1.54, 1.807) is 20.4 Å². The van der Waals surface area contributed by atoms with Crippen molar-refractivity contribution in [3.63, 3.8) is 0 Å². The Kier molecular flexibility index (Phi) is 7.49. The van der Waals surface area contributed by atoms with Crippen LogP contribution in [0.3, 0.4) is 0 Å². The van der Waals surface area contributed by atoms with Crippen molar-refractivity contribution in [3.05, 3.63) is 83.0 Å². The molecule has 2 aliphatic heterocycles. The molecule has 8 nitrogen and oxygen atoms in total. The molecule has 2 atom stereocenters. The Hall–Kier alpha value is -4.07. The Balaban J connectivity index is 1.20. The molecule has 0 saturated carbocycles. The lowest BCUT2D eigenvalue weighted by Crippen LogP contribution is -2.50. The molecule has 2 aromatic carbocycles. The van der Waals surface area contributed by atoms with Crippen LogP contribution in [0.4, 0.5) is 5.82 Å². The third-order valence-corrected chi connectivity index (χ3v) is 7.72. The number of carbonyl (C=O) groups excluding carboxylic acids is 2. The van der Waals surface area contributed by atoms with Crippen LogP contribution < -0.4 is 25.0 Å². The predicted molar refractivity (Wildman–Crippen MR) is 146 cm³/mol. The number of hydrogen-bond acceptors (Lipinski definition) is 6. The molecule has 0 radical (unpaired) electrons.